The molecule has 116 valence electrons. The summed E-state index contributed by atoms with van der Waals surface area (Å²) in [6, 6.07) is 6.78. The maximum Gasteiger partial charge on any atom is 0.175 e. The second-order valence-electron chi connectivity index (χ2n) is 6.35. The van der Waals surface area contributed by atoms with Gasteiger partial charge in [-0.25, -0.2) is 8.42 Å². The molecule has 5 heteroatoms. The molecule has 0 aromatic heterocycles. The Hall–Kier alpha value is -0.740. The Morgan fingerprint density at radius 1 is 1.24 bits per heavy atom. The summed E-state index contributed by atoms with van der Waals surface area (Å²) in [5, 5.41) is 0.195. The third kappa shape index (κ3) is 2.80. The van der Waals surface area contributed by atoms with Crippen molar-refractivity contribution in [2.24, 2.45) is 5.41 Å². The van der Waals surface area contributed by atoms with E-state index in [4.69, 9.17) is 16.3 Å². The van der Waals surface area contributed by atoms with Gasteiger partial charge >= 0.3 is 0 Å². The Morgan fingerprint density at radius 3 is 2.57 bits per heavy atom. The molecule has 3 nitrogen and oxygen atoms in total. The molecule has 2 aliphatic carbocycles. The fraction of sp³-hybridized carbons (Fsp3) is 0.625. The number of sulfone groups is 1. The zero-order chi connectivity index (χ0) is 15.1. The van der Waals surface area contributed by atoms with E-state index in [9.17, 15) is 8.42 Å². The van der Waals surface area contributed by atoms with Gasteiger partial charge in [-0.3, -0.25) is 0 Å². The Balaban J connectivity index is 1.78. The van der Waals surface area contributed by atoms with Gasteiger partial charge in [0, 0.05) is 23.5 Å². The van der Waals surface area contributed by atoms with Gasteiger partial charge in [0.25, 0.3) is 0 Å². The average molecular weight is 329 g/mol. The van der Waals surface area contributed by atoms with Crippen LogP contribution in [0.1, 0.15) is 38.5 Å². The van der Waals surface area contributed by atoms with Crippen molar-refractivity contribution in [2.75, 3.05) is 6.26 Å². The lowest BCUT2D eigenvalue weighted by molar-refractivity contribution is -0.0651. The maximum absolute atomic E-state index is 11.6. The average Bonchev–Trinajstić information content (AvgIpc) is 2.47. The molecule has 2 saturated carbocycles. The zero-order valence-electron chi connectivity index (χ0n) is 12.2. The SMILES string of the molecule is CS(=O)(=O)c1cccc(OC2CC(Cl)C23CCCCC3)c1. The van der Waals surface area contributed by atoms with E-state index >= 15 is 0 Å². The highest BCUT2D eigenvalue weighted by Gasteiger charge is 2.55. The molecule has 0 heterocycles. The Bertz CT molecular complexity index is 620. The van der Waals surface area contributed by atoms with E-state index < -0.39 is 9.84 Å². The number of alkyl halides is 1. The number of halogens is 1. The van der Waals surface area contributed by atoms with Crippen LogP contribution in [-0.4, -0.2) is 26.2 Å². The molecule has 0 bridgehead atoms. The fourth-order valence-electron chi connectivity index (χ4n) is 3.65. The molecule has 0 saturated heterocycles. The van der Waals surface area contributed by atoms with Gasteiger partial charge in [0.15, 0.2) is 9.84 Å². The summed E-state index contributed by atoms with van der Waals surface area (Å²) >= 11 is 6.47. The van der Waals surface area contributed by atoms with Gasteiger partial charge in [-0.05, 0) is 31.0 Å². The largest absolute Gasteiger partial charge is 0.490 e. The molecule has 0 aliphatic heterocycles. The molecule has 1 aromatic rings. The molecule has 2 fully saturated rings. The van der Waals surface area contributed by atoms with Gasteiger partial charge in [-0.15, -0.1) is 11.6 Å². The summed E-state index contributed by atoms with van der Waals surface area (Å²) in [7, 11) is -3.20. The molecule has 21 heavy (non-hydrogen) atoms. The van der Waals surface area contributed by atoms with E-state index in [0.29, 0.717) is 10.6 Å². The second kappa shape index (κ2) is 5.47. The zero-order valence-corrected chi connectivity index (χ0v) is 13.8. The lowest BCUT2D eigenvalue weighted by Crippen LogP contribution is -2.58. The van der Waals surface area contributed by atoms with Crippen molar-refractivity contribution in [3.05, 3.63) is 24.3 Å². The number of hydrogen-bond donors (Lipinski definition) is 0. The van der Waals surface area contributed by atoms with Crippen LogP contribution >= 0.6 is 11.6 Å². The van der Waals surface area contributed by atoms with E-state index in [1.807, 2.05) is 6.07 Å². The summed E-state index contributed by atoms with van der Waals surface area (Å²) in [5.74, 6) is 0.636. The number of rotatable bonds is 3. The number of benzene rings is 1. The number of ether oxygens (including phenoxy) is 1. The van der Waals surface area contributed by atoms with Crippen LogP contribution in [0.2, 0.25) is 0 Å². The molecule has 2 atom stereocenters. The van der Waals surface area contributed by atoms with Gasteiger partial charge in [-0.2, -0.15) is 0 Å². The molecule has 0 N–H and O–H groups in total. The van der Waals surface area contributed by atoms with E-state index in [1.54, 1.807) is 18.2 Å². The first-order chi connectivity index (χ1) is 9.92. The lowest BCUT2D eigenvalue weighted by Gasteiger charge is -2.55. The highest BCUT2D eigenvalue weighted by molar-refractivity contribution is 7.90. The monoisotopic (exact) mass is 328 g/mol. The van der Waals surface area contributed by atoms with Gasteiger partial charge in [0.1, 0.15) is 11.9 Å². The standard InChI is InChI=1S/C16H21ClO3S/c1-21(18,19)13-7-5-6-12(10-13)20-15-11-14(17)16(15)8-3-2-4-9-16/h5-7,10,14-15H,2-4,8-9,11H2,1H3. The fourth-order valence-corrected chi connectivity index (χ4v) is 4.83. The summed E-state index contributed by atoms with van der Waals surface area (Å²) in [5.41, 5.74) is 0.0981. The van der Waals surface area contributed by atoms with Crippen molar-refractivity contribution < 1.29 is 13.2 Å². The summed E-state index contributed by atoms with van der Waals surface area (Å²) in [4.78, 5) is 0.305. The van der Waals surface area contributed by atoms with E-state index in [2.05, 4.69) is 0 Å². The lowest BCUT2D eigenvalue weighted by atomic mass is 9.58. The van der Waals surface area contributed by atoms with Gasteiger partial charge in [0.05, 0.1) is 4.90 Å². The van der Waals surface area contributed by atoms with Crippen molar-refractivity contribution in [1.29, 1.82) is 0 Å². The van der Waals surface area contributed by atoms with E-state index in [-0.39, 0.29) is 16.9 Å². The van der Waals surface area contributed by atoms with Crippen molar-refractivity contribution >= 4 is 21.4 Å². The first-order valence-corrected chi connectivity index (χ1v) is 9.85. The van der Waals surface area contributed by atoms with Crippen LogP contribution in [0.4, 0.5) is 0 Å². The van der Waals surface area contributed by atoms with Crippen LogP contribution in [0.3, 0.4) is 0 Å². The molecule has 2 unspecified atom stereocenters. The predicted octanol–water partition coefficient (Wildman–Crippen LogP) is 3.80. The number of hydrogen-bond acceptors (Lipinski definition) is 3. The van der Waals surface area contributed by atoms with Crippen molar-refractivity contribution in [2.45, 2.75) is 54.9 Å². The first kappa shape index (κ1) is 15.2. The van der Waals surface area contributed by atoms with Crippen molar-refractivity contribution in [3.63, 3.8) is 0 Å². The normalized spacial score (nSPS) is 28.1. The third-order valence-corrected chi connectivity index (χ3v) is 6.71. The topological polar surface area (TPSA) is 43.4 Å². The Labute approximate surface area is 131 Å². The van der Waals surface area contributed by atoms with Crippen molar-refractivity contribution in [1.82, 2.24) is 0 Å². The Morgan fingerprint density at radius 2 is 1.95 bits per heavy atom. The molecule has 1 aromatic carbocycles. The molecular formula is C16H21ClO3S. The van der Waals surface area contributed by atoms with Crippen LogP contribution in [0.15, 0.2) is 29.2 Å². The third-order valence-electron chi connectivity index (χ3n) is 4.98. The predicted molar refractivity (Wildman–Crippen MR) is 83.7 cm³/mol. The van der Waals surface area contributed by atoms with Crippen LogP contribution in [-0.2, 0) is 9.84 Å². The maximum atomic E-state index is 11.6. The summed E-state index contributed by atoms with van der Waals surface area (Å²) in [6.45, 7) is 0. The summed E-state index contributed by atoms with van der Waals surface area (Å²) in [6.07, 6.45) is 8.14. The summed E-state index contributed by atoms with van der Waals surface area (Å²) < 4.78 is 29.4. The van der Waals surface area contributed by atoms with Gasteiger partial charge in [0.2, 0.25) is 0 Å². The highest BCUT2D eigenvalue weighted by Crippen LogP contribution is 2.55. The van der Waals surface area contributed by atoms with E-state index in [0.717, 1.165) is 19.3 Å². The molecule has 0 amide bonds. The highest BCUT2D eigenvalue weighted by atomic mass is 35.5. The van der Waals surface area contributed by atoms with E-state index in [1.165, 1.54) is 25.5 Å². The molecule has 1 spiro atoms. The first-order valence-electron chi connectivity index (χ1n) is 7.53. The molecular weight excluding hydrogens is 308 g/mol. The minimum Gasteiger partial charge on any atom is -0.490 e. The van der Waals surface area contributed by atoms with Crippen LogP contribution in [0.5, 0.6) is 5.75 Å². The van der Waals surface area contributed by atoms with Crippen LogP contribution < -0.4 is 4.74 Å². The molecule has 2 aliphatic rings. The smallest absolute Gasteiger partial charge is 0.175 e. The quantitative estimate of drug-likeness (QED) is 0.793. The second-order valence-corrected chi connectivity index (χ2v) is 8.89. The minimum absolute atomic E-state index is 0.0981. The van der Waals surface area contributed by atoms with Crippen LogP contribution in [0, 0.1) is 5.41 Å². The van der Waals surface area contributed by atoms with Gasteiger partial charge < -0.3 is 4.74 Å². The van der Waals surface area contributed by atoms with Gasteiger partial charge in [-0.1, -0.05) is 25.3 Å². The minimum atomic E-state index is -3.20. The molecule has 0 radical (unpaired) electrons. The van der Waals surface area contributed by atoms with Crippen molar-refractivity contribution in [3.8, 4) is 5.75 Å². The molecule has 3 rings (SSSR count). The van der Waals surface area contributed by atoms with Crippen LogP contribution in [0.25, 0.3) is 0 Å². The Kier molecular flexibility index (Phi) is 3.95.